The van der Waals surface area contributed by atoms with Crippen LogP contribution in [0.1, 0.15) is 31.1 Å². The van der Waals surface area contributed by atoms with Crippen LogP contribution >= 0.6 is 0 Å². The van der Waals surface area contributed by atoms with Gasteiger partial charge in [-0.3, -0.25) is 4.90 Å². The van der Waals surface area contributed by atoms with Crippen molar-refractivity contribution in [1.82, 2.24) is 19.9 Å². The highest BCUT2D eigenvalue weighted by Gasteiger charge is 2.46. The highest BCUT2D eigenvalue weighted by molar-refractivity contribution is 5.88. The van der Waals surface area contributed by atoms with E-state index in [1.165, 1.54) is 6.33 Å². The van der Waals surface area contributed by atoms with Crippen molar-refractivity contribution in [2.75, 3.05) is 32.1 Å². The van der Waals surface area contributed by atoms with Gasteiger partial charge in [0.25, 0.3) is 0 Å². The van der Waals surface area contributed by atoms with E-state index >= 15 is 0 Å². The summed E-state index contributed by atoms with van der Waals surface area (Å²) in [5, 5.41) is 3.72. The van der Waals surface area contributed by atoms with Gasteiger partial charge in [0.2, 0.25) is 0 Å². The maximum Gasteiger partial charge on any atom is 0.431 e. The highest BCUT2D eigenvalue weighted by atomic mass is 19.4. The Kier molecular flexibility index (Phi) is 5.24. The third-order valence-electron chi connectivity index (χ3n) is 6.96. The number of hydrogen-bond donors (Lipinski definition) is 2. The second-order valence-electron chi connectivity index (χ2n) is 9.16. The zero-order chi connectivity index (χ0) is 23.4. The molecular weight excluding hydrogens is 435 g/mol. The number of aromatic amines is 1. The number of nitrogens with one attached hydrogen (secondary N) is 2. The van der Waals surface area contributed by atoms with E-state index in [2.05, 4.69) is 39.0 Å². The van der Waals surface area contributed by atoms with Crippen LogP contribution in [0.2, 0.25) is 0 Å². The van der Waals surface area contributed by atoms with E-state index in [0.717, 1.165) is 30.5 Å². The molecule has 10 heteroatoms. The van der Waals surface area contributed by atoms with Crippen LogP contribution in [0.15, 0.2) is 36.7 Å². The van der Waals surface area contributed by atoms with Crippen molar-refractivity contribution in [3.63, 3.8) is 0 Å². The molecule has 2 aliphatic rings. The Morgan fingerprint density at radius 2 is 1.94 bits per heavy atom. The monoisotopic (exact) mass is 461 g/mol. The number of anilines is 1. The Labute approximate surface area is 189 Å². The average Bonchev–Trinajstić information content (AvgIpc) is 3.20. The summed E-state index contributed by atoms with van der Waals surface area (Å²) >= 11 is 0. The lowest BCUT2D eigenvalue weighted by atomic mass is 9.81. The number of rotatable bonds is 5. The normalized spacial score (nSPS) is 22.0. The molecule has 1 saturated heterocycles. The van der Waals surface area contributed by atoms with Gasteiger partial charge >= 0.3 is 6.18 Å². The van der Waals surface area contributed by atoms with E-state index in [9.17, 15) is 13.2 Å². The van der Waals surface area contributed by atoms with Crippen LogP contribution in [-0.4, -0.2) is 58.3 Å². The summed E-state index contributed by atoms with van der Waals surface area (Å²) in [6.45, 7) is 6.32. The number of hydrogen-bond acceptors (Lipinski definition) is 6. The molecule has 5 rings (SSSR count). The fourth-order valence-corrected chi connectivity index (χ4v) is 4.58. The molecule has 1 aromatic carbocycles. The van der Waals surface area contributed by atoms with Crippen LogP contribution in [0.3, 0.4) is 0 Å². The van der Waals surface area contributed by atoms with Crippen molar-refractivity contribution >= 4 is 16.9 Å². The first-order valence-electron chi connectivity index (χ1n) is 10.9. The quantitative estimate of drug-likeness (QED) is 0.592. The van der Waals surface area contributed by atoms with Gasteiger partial charge in [0, 0.05) is 31.7 Å². The van der Waals surface area contributed by atoms with Gasteiger partial charge in [-0.15, -0.1) is 0 Å². The van der Waals surface area contributed by atoms with E-state index in [4.69, 9.17) is 9.47 Å². The van der Waals surface area contributed by atoms with Crippen molar-refractivity contribution in [3.8, 4) is 5.75 Å². The maximum absolute atomic E-state index is 13.3. The van der Waals surface area contributed by atoms with Gasteiger partial charge in [-0.2, -0.15) is 13.2 Å². The Morgan fingerprint density at radius 1 is 1.18 bits per heavy atom. The van der Waals surface area contributed by atoms with Crippen molar-refractivity contribution in [2.24, 2.45) is 5.92 Å². The van der Waals surface area contributed by atoms with Crippen LogP contribution in [-0.2, 0) is 10.9 Å². The van der Waals surface area contributed by atoms with E-state index < -0.39 is 11.9 Å². The maximum atomic E-state index is 13.3. The number of nitrogens with zero attached hydrogens (tertiary/aromatic N) is 3. The summed E-state index contributed by atoms with van der Waals surface area (Å²) in [4.78, 5) is 13.0. The molecule has 0 unspecified atom stereocenters. The number of ether oxygens (including phenoxy) is 2. The molecular formula is C23H26F3N5O2. The number of methoxy groups -OCH3 is 1. The van der Waals surface area contributed by atoms with Crippen LogP contribution in [0.25, 0.3) is 11.0 Å². The third-order valence-corrected chi connectivity index (χ3v) is 6.96. The number of benzene rings is 1. The predicted molar refractivity (Wildman–Crippen MR) is 117 cm³/mol. The fourth-order valence-electron chi connectivity index (χ4n) is 4.58. The Hall–Kier alpha value is -2.85. The standard InChI is InChI=1S/C23H26F3N5O2/c1-22(2,32-3)13-9-31(10-13)16-11-33-17-7-5-4-6-14(17)19(16)30-21-15-8-18(23(24,25)26)29-20(15)27-12-28-21/h4-8,12-13,16,19H,9-11H2,1-3H3,(H2,27,28,29,30)/t16-,19-/m0/s1. The molecule has 0 aliphatic carbocycles. The molecule has 0 saturated carbocycles. The second-order valence-corrected chi connectivity index (χ2v) is 9.16. The van der Waals surface area contributed by atoms with E-state index in [1.54, 1.807) is 7.11 Å². The SMILES string of the molecule is COC(C)(C)C1CN([C@H]2COc3ccccc3[C@@H]2Nc2ncnc3[nH]c(C(F)(F)F)cc23)C1. The lowest BCUT2D eigenvalue weighted by Crippen LogP contribution is -2.63. The third kappa shape index (κ3) is 3.91. The van der Waals surface area contributed by atoms with Crippen LogP contribution in [0.5, 0.6) is 5.75 Å². The summed E-state index contributed by atoms with van der Waals surface area (Å²) in [5.74, 6) is 1.49. The molecule has 33 heavy (non-hydrogen) atoms. The van der Waals surface area contributed by atoms with Crippen molar-refractivity contribution < 1.29 is 22.6 Å². The fraction of sp³-hybridized carbons (Fsp3) is 0.478. The predicted octanol–water partition coefficient (Wildman–Crippen LogP) is 4.25. The lowest BCUT2D eigenvalue weighted by Gasteiger charge is -2.52. The molecule has 2 aromatic heterocycles. The van der Waals surface area contributed by atoms with Gasteiger partial charge < -0.3 is 19.8 Å². The first-order chi connectivity index (χ1) is 15.7. The van der Waals surface area contributed by atoms with Crippen molar-refractivity contribution in [1.29, 1.82) is 0 Å². The first kappa shape index (κ1) is 22.0. The second kappa shape index (κ2) is 7.88. The minimum absolute atomic E-state index is 0.0187. The highest BCUT2D eigenvalue weighted by Crippen LogP contribution is 2.41. The molecule has 0 spiro atoms. The number of aromatic nitrogens is 3. The Morgan fingerprint density at radius 3 is 2.67 bits per heavy atom. The number of alkyl halides is 3. The zero-order valence-electron chi connectivity index (χ0n) is 18.6. The molecule has 7 nitrogen and oxygen atoms in total. The van der Waals surface area contributed by atoms with Gasteiger partial charge in [-0.25, -0.2) is 9.97 Å². The number of halogens is 3. The summed E-state index contributed by atoms with van der Waals surface area (Å²) in [7, 11) is 1.72. The number of para-hydroxylation sites is 1. The molecule has 0 bridgehead atoms. The Balaban J connectivity index is 1.47. The van der Waals surface area contributed by atoms with Gasteiger partial charge in [-0.05, 0) is 26.0 Å². The smallest absolute Gasteiger partial charge is 0.431 e. The van der Waals surface area contributed by atoms with Crippen LogP contribution in [0.4, 0.5) is 19.0 Å². The van der Waals surface area contributed by atoms with Gasteiger partial charge in [0.15, 0.2) is 0 Å². The number of fused-ring (bicyclic) bond motifs is 2. The number of H-pyrrole nitrogens is 1. The average molecular weight is 461 g/mol. The molecule has 2 atom stereocenters. The van der Waals surface area contributed by atoms with E-state index in [1.807, 2.05) is 24.3 Å². The van der Waals surface area contributed by atoms with Gasteiger partial charge in [0.1, 0.15) is 35.8 Å². The number of likely N-dealkylation sites (tertiary alicyclic amines) is 1. The largest absolute Gasteiger partial charge is 0.491 e. The van der Waals surface area contributed by atoms with Crippen LogP contribution < -0.4 is 10.1 Å². The topological polar surface area (TPSA) is 75.3 Å². The molecule has 2 N–H and O–H groups in total. The molecule has 4 heterocycles. The summed E-state index contributed by atoms with van der Waals surface area (Å²) < 4.78 is 51.5. The first-order valence-corrected chi connectivity index (χ1v) is 10.9. The van der Waals surface area contributed by atoms with Crippen molar-refractivity contribution in [3.05, 3.63) is 47.9 Å². The van der Waals surface area contributed by atoms with Crippen molar-refractivity contribution in [2.45, 2.75) is 37.7 Å². The van der Waals surface area contributed by atoms with Gasteiger partial charge in [0.05, 0.1) is 23.1 Å². The van der Waals surface area contributed by atoms with E-state index in [0.29, 0.717) is 23.7 Å². The van der Waals surface area contributed by atoms with Gasteiger partial charge in [-0.1, -0.05) is 18.2 Å². The molecule has 176 valence electrons. The van der Waals surface area contributed by atoms with Crippen LogP contribution in [0, 0.1) is 5.92 Å². The summed E-state index contributed by atoms with van der Waals surface area (Å²) in [5.41, 5.74) is 0.00613. The minimum Gasteiger partial charge on any atom is -0.491 e. The summed E-state index contributed by atoms with van der Waals surface area (Å²) in [6.07, 6.45) is -3.23. The Bertz CT molecular complexity index is 1160. The summed E-state index contributed by atoms with van der Waals surface area (Å²) in [6, 6.07) is 8.53. The molecule has 2 aliphatic heterocycles. The molecule has 0 amide bonds. The lowest BCUT2D eigenvalue weighted by molar-refractivity contribution is -0.140. The van der Waals surface area contributed by atoms with E-state index in [-0.39, 0.29) is 23.3 Å². The molecule has 0 radical (unpaired) electrons. The molecule has 3 aromatic rings. The minimum atomic E-state index is -4.49. The zero-order valence-corrected chi connectivity index (χ0v) is 18.6. The molecule has 1 fully saturated rings.